The number of anilines is 1. The first-order valence-corrected chi connectivity index (χ1v) is 5.91. The Morgan fingerprint density at radius 3 is 2.67 bits per heavy atom. The molecule has 5 heteroatoms. The Bertz CT molecular complexity index is 620. The first kappa shape index (κ1) is 12.3. The van der Waals surface area contributed by atoms with Gasteiger partial charge in [-0.05, 0) is 30.3 Å². The van der Waals surface area contributed by atoms with Crippen molar-refractivity contribution in [2.45, 2.75) is 0 Å². The molecule has 0 saturated heterocycles. The number of hydrogen-bond acceptors (Lipinski definition) is 3. The maximum Gasteiger partial charge on any atom is 0.255 e. The Morgan fingerprint density at radius 2 is 2.00 bits per heavy atom. The third kappa shape index (κ3) is 2.73. The molecule has 0 atom stereocenters. The lowest BCUT2D eigenvalue weighted by atomic mass is 10.2. The predicted octanol–water partition coefficient (Wildman–Crippen LogP) is 2.97. The highest BCUT2D eigenvalue weighted by Crippen LogP contribution is 2.21. The quantitative estimate of drug-likeness (QED) is 0.927. The first-order valence-electron chi connectivity index (χ1n) is 5.12. The number of rotatable bonds is 2. The van der Waals surface area contributed by atoms with Crippen LogP contribution in [-0.2, 0) is 0 Å². The zero-order valence-corrected chi connectivity index (χ0v) is 10.8. The van der Waals surface area contributed by atoms with Gasteiger partial charge < -0.3 is 5.32 Å². The Morgan fingerprint density at radius 1 is 1.28 bits per heavy atom. The minimum Gasteiger partial charge on any atom is -0.321 e. The number of hydrogen-bond donors (Lipinski definition) is 1. The van der Waals surface area contributed by atoms with E-state index < -0.39 is 0 Å². The van der Waals surface area contributed by atoms with Crippen molar-refractivity contribution in [1.82, 2.24) is 4.98 Å². The molecular formula is C13H8BrN3O. The number of carbonyl (C=O) groups excluding carboxylic acids is 1. The van der Waals surface area contributed by atoms with E-state index in [0.717, 1.165) is 4.47 Å². The second-order valence-electron chi connectivity index (χ2n) is 3.49. The van der Waals surface area contributed by atoms with Gasteiger partial charge in [-0.25, -0.2) is 0 Å². The van der Waals surface area contributed by atoms with Crippen molar-refractivity contribution in [2.24, 2.45) is 0 Å². The SMILES string of the molecule is N#Cc1ccc(Br)cc1NC(=O)c1ccncc1. The molecule has 88 valence electrons. The second kappa shape index (κ2) is 5.43. The average Bonchev–Trinajstić information content (AvgIpc) is 2.40. The smallest absolute Gasteiger partial charge is 0.255 e. The maximum absolute atomic E-state index is 11.9. The summed E-state index contributed by atoms with van der Waals surface area (Å²) >= 11 is 3.30. The van der Waals surface area contributed by atoms with E-state index in [-0.39, 0.29) is 5.91 Å². The predicted molar refractivity (Wildman–Crippen MR) is 71.0 cm³/mol. The van der Waals surface area contributed by atoms with Gasteiger partial charge in [0.05, 0.1) is 11.3 Å². The molecule has 0 bridgehead atoms. The number of halogens is 1. The largest absolute Gasteiger partial charge is 0.321 e. The zero-order valence-electron chi connectivity index (χ0n) is 9.22. The van der Waals surface area contributed by atoms with E-state index in [1.165, 1.54) is 0 Å². The Balaban J connectivity index is 2.28. The number of amides is 1. The third-order valence-electron chi connectivity index (χ3n) is 2.29. The van der Waals surface area contributed by atoms with E-state index in [9.17, 15) is 4.79 Å². The molecule has 1 heterocycles. The van der Waals surface area contributed by atoms with Crippen molar-refractivity contribution in [2.75, 3.05) is 5.32 Å². The Hall–Kier alpha value is -2.19. The maximum atomic E-state index is 11.9. The summed E-state index contributed by atoms with van der Waals surface area (Å²) < 4.78 is 0.798. The summed E-state index contributed by atoms with van der Waals surface area (Å²) in [6, 6.07) is 10.3. The highest BCUT2D eigenvalue weighted by molar-refractivity contribution is 9.10. The number of benzene rings is 1. The van der Waals surface area contributed by atoms with Gasteiger partial charge in [-0.2, -0.15) is 5.26 Å². The van der Waals surface area contributed by atoms with Crippen LogP contribution >= 0.6 is 15.9 Å². The molecule has 1 N–H and O–H groups in total. The van der Waals surface area contributed by atoms with Crippen molar-refractivity contribution >= 4 is 27.5 Å². The van der Waals surface area contributed by atoms with Gasteiger partial charge in [0.2, 0.25) is 0 Å². The molecule has 0 aliphatic rings. The number of nitrogens with one attached hydrogen (secondary N) is 1. The molecule has 1 amide bonds. The molecule has 0 unspecified atom stereocenters. The Kier molecular flexibility index (Phi) is 3.70. The van der Waals surface area contributed by atoms with Crippen LogP contribution in [0.2, 0.25) is 0 Å². The van der Waals surface area contributed by atoms with E-state index in [1.807, 2.05) is 6.07 Å². The lowest BCUT2D eigenvalue weighted by Crippen LogP contribution is -2.12. The molecule has 18 heavy (non-hydrogen) atoms. The molecule has 0 aliphatic heterocycles. The van der Waals surface area contributed by atoms with Gasteiger partial charge in [-0.3, -0.25) is 9.78 Å². The van der Waals surface area contributed by atoms with Crippen LogP contribution in [0.4, 0.5) is 5.69 Å². The number of carbonyl (C=O) groups is 1. The van der Waals surface area contributed by atoms with Gasteiger partial charge in [-0.1, -0.05) is 15.9 Å². The van der Waals surface area contributed by atoms with Crippen LogP contribution in [-0.4, -0.2) is 10.9 Å². The third-order valence-corrected chi connectivity index (χ3v) is 2.79. The van der Waals surface area contributed by atoms with Gasteiger partial charge in [-0.15, -0.1) is 0 Å². The fourth-order valence-corrected chi connectivity index (χ4v) is 1.78. The molecule has 0 spiro atoms. The van der Waals surface area contributed by atoms with E-state index in [1.54, 1.807) is 42.7 Å². The normalized spacial score (nSPS) is 9.56. The Labute approximate surface area is 112 Å². The van der Waals surface area contributed by atoms with Gasteiger partial charge in [0.1, 0.15) is 6.07 Å². The summed E-state index contributed by atoms with van der Waals surface area (Å²) in [5.41, 5.74) is 1.39. The van der Waals surface area contributed by atoms with Crippen molar-refractivity contribution < 1.29 is 4.79 Å². The van der Waals surface area contributed by atoms with Crippen molar-refractivity contribution in [3.63, 3.8) is 0 Å². The van der Waals surface area contributed by atoms with Crippen LogP contribution in [0, 0.1) is 11.3 Å². The first-order chi connectivity index (χ1) is 8.70. The lowest BCUT2D eigenvalue weighted by molar-refractivity contribution is 0.102. The summed E-state index contributed by atoms with van der Waals surface area (Å²) in [6.45, 7) is 0. The van der Waals surface area contributed by atoms with Crippen LogP contribution < -0.4 is 5.32 Å². The summed E-state index contributed by atoms with van der Waals surface area (Å²) in [5, 5.41) is 11.7. The van der Waals surface area contributed by atoms with Gasteiger partial charge in [0.25, 0.3) is 5.91 Å². The molecule has 2 aromatic rings. The fourth-order valence-electron chi connectivity index (χ4n) is 1.42. The van der Waals surface area contributed by atoms with E-state index in [4.69, 9.17) is 5.26 Å². The minimum absolute atomic E-state index is 0.271. The average molecular weight is 302 g/mol. The lowest BCUT2D eigenvalue weighted by Gasteiger charge is -2.07. The highest BCUT2D eigenvalue weighted by atomic mass is 79.9. The van der Waals surface area contributed by atoms with Crippen LogP contribution in [0.25, 0.3) is 0 Å². The highest BCUT2D eigenvalue weighted by Gasteiger charge is 2.09. The van der Waals surface area contributed by atoms with Crippen LogP contribution in [0.5, 0.6) is 0 Å². The molecule has 2 rings (SSSR count). The molecule has 0 fully saturated rings. The minimum atomic E-state index is -0.271. The van der Waals surface area contributed by atoms with Crippen LogP contribution in [0.15, 0.2) is 47.2 Å². The van der Waals surface area contributed by atoms with Crippen LogP contribution in [0.3, 0.4) is 0 Å². The van der Waals surface area contributed by atoms with Crippen LogP contribution in [0.1, 0.15) is 15.9 Å². The number of aromatic nitrogens is 1. The van der Waals surface area contributed by atoms with Crippen molar-refractivity contribution in [1.29, 1.82) is 5.26 Å². The topological polar surface area (TPSA) is 65.8 Å². The van der Waals surface area contributed by atoms with Gasteiger partial charge in [0.15, 0.2) is 0 Å². The van der Waals surface area contributed by atoms with Crippen molar-refractivity contribution in [3.8, 4) is 6.07 Å². The standard InChI is InChI=1S/C13H8BrN3O/c14-11-2-1-10(8-15)12(7-11)17-13(18)9-3-5-16-6-4-9/h1-7H,(H,17,18). The van der Waals surface area contributed by atoms with E-state index in [0.29, 0.717) is 16.8 Å². The van der Waals surface area contributed by atoms with Gasteiger partial charge >= 0.3 is 0 Å². The number of pyridine rings is 1. The van der Waals surface area contributed by atoms with E-state index >= 15 is 0 Å². The molecular weight excluding hydrogens is 294 g/mol. The number of nitrogens with zero attached hydrogens (tertiary/aromatic N) is 2. The molecule has 4 nitrogen and oxygen atoms in total. The molecule has 0 aliphatic carbocycles. The van der Waals surface area contributed by atoms with Crippen molar-refractivity contribution in [3.05, 3.63) is 58.3 Å². The molecule has 0 radical (unpaired) electrons. The second-order valence-corrected chi connectivity index (χ2v) is 4.41. The summed E-state index contributed by atoms with van der Waals surface area (Å²) in [7, 11) is 0. The fraction of sp³-hybridized carbons (Fsp3) is 0. The summed E-state index contributed by atoms with van der Waals surface area (Å²) in [6.07, 6.45) is 3.09. The molecule has 0 saturated carbocycles. The summed E-state index contributed by atoms with van der Waals surface area (Å²) in [5.74, 6) is -0.271. The number of nitriles is 1. The van der Waals surface area contributed by atoms with E-state index in [2.05, 4.69) is 26.2 Å². The molecule has 1 aromatic carbocycles. The zero-order chi connectivity index (χ0) is 13.0. The molecule has 1 aromatic heterocycles. The monoisotopic (exact) mass is 301 g/mol. The summed E-state index contributed by atoms with van der Waals surface area (Å²) in [4.78, 5) is 15.8. The van der Waals surface area contributed by atoms with Gasteiger partial charge in [0, 0.05) is 22.4 Å².